The van der Waals surface area contributed by atoms with Crippen LogP contribution in [0.25, 0.3) is 0 Å². The highest BCUT2D eigenvalue weighted by molar-refractivity contribution is 6.00. The Bertz CT molecular complexity index is 606. The molecule has 0 unspecified atom stereocenters. The van der Waals surface area contributed by atoms with Crippen LogP contribution in [-0.4, -0.2) is 35.9 Å². The molecular weight excluding hydrogens is 286 g/mol. The average Bonchev–Trinajstić information content (AvgIpc) is 2.43. The zero-order valence-corrected chi connectivity index (χ0v) is 11.4. The van der Waals surface area contributed by atoms with Crippen LogP contribution in [0, 0.1) is 20.2 Å². The van der Waals surface area contributed by atoms with Gasteiger partial charge in [-0.15, -0.1) is 0 Å². The number of nitro groups is 2. The molecule has 1 rings (SSSR count). The van der Waals surface area contributed by atoms with Crippen molar-refractivity contribution in [3.05, 3.63) is 37.9 Å². The van der Waals surface area contributed by atoms with Gasteiger partial charge < -0.3 is 9.64 Å². The smallest absolute Gasteiger partial charge is 0.338 e. The zero-order valence-electron chi connectivity index (χ0n) is 11.4. The number of nitro benzene ring substituents is 2. The summed E-state index contributed by atoms with van der Waals surface area (Å²) in [6, 6.07) is 1.65. The molecule has 0 saturated carbocycles. The average molecular weight is 297 g/mol. The van der Waals surface area contributed by atoms with E-state index in [9.17, 15) is 29.8 Å². The second-order valence-electron chi connectivity index (χ2n) is 3.95. The lowest BCUT2D eigenvalue weighted by molar-refractivity contribution is -0.392. The van der Waals surface area contributed by atoms with E-state index in [4.69, 9.17) is 0 Å². The minimum atomic E-state index is -0.960. The molecule has 0 aliphatic heterocycles. The van der Waals surface area contributed by atoms with Crippen molar-refractivity contribution in [1.82, 2.24) is 0 Å². The third kappa shape index (κ3) is 3.11. The van der Waals surface area contributed by atoms with Crippen LogP contribution >= 0.6 is 0 Å². The summed E-state index contributed by atoms with van der Waals surface area (Å²) in [4.78, 5) is 43.9. The molecule has 10 nitrogen and oxygen atoms in total. The molecule has 112 valence electrons. The van der Waals surface area contributed by atoms with Crippen molar-refractivity contribution in [1.29, 1.82) is 0 Å². The maximum atomic E-state index is 11.4. The molecule has 0 N–H and O–H groups in total. The van der Waals surface area contributed by atoms with Crippen molar-refractivity contribution in [2.24, 2.45) is 0 Å². The topological polar surface area (TPSA) is 133 Å². The van der Waals surface area contributed by atoms with E-state index in [0.717, 1.165) is 38.1 Å². The fourth-order valence-corrected chi connectivity index (χ4v) is 1.62. The Morgan fingerprint density at radius 1 is 1.14 bits per heavy atom. The molecule has 0 atom stereocenters. The third-order valence-corrected chi connectivity index (χ3v) is 2.69. The standard InChI is InChI=1S/C11H11N3O7/c1-6(15)12(2)10-8(13(17)18)4-7(11(16)21-3)5-9(10)14(19)20/h4-5H,1-3H3. The Kier molecular flexibility index (Phi) is 4.53. The summed E-state index contributed by atoms with van der Waals surface area (Å²) in [5.41, 5.74) is -2.31. The van der Waals surface area contributed by atoms with Crippen molar-refractivity contribution >= 4 is 28.9 Å². The number of rotatable bonds is 4. The number of nitrogens with zero attached hydrogens (tertiary/aromatic N) is 3. The lowest BCUT2D eigenvalue weighted by atomic mass is 10.1. The highest BCUT2D eigenvalue weighted by Gasteiger charge is 2.32. The van der Waals surface area contributed by atoms with E-state index in [1.54, 1.807) is 0 Å². The third-order valence-electron chi connectivity index (χ3n) is 2.69. The molecule has 0 radical (unpaired) electrons. The number of amides is 1. The number of benzene rings is 1. The number of esters is 1. The van der Waals surface area contributed by atoms with Crippen LogP contribution in [0.5, 0.6) is 0 Å². The zero-order chi connectivity index (χ0) is 16.3. The summed E-state index contributed by atoms with van der Waals surface area (Å²) in [6.45, 7) is 1.10. The minimum Gasteiger partial charge on any atom is -0.465 e. The quantitative estimate of drug-likeness (QED) is 0.464. The van der Waals surface area contributed by atoms with Crippen LogP contribution in [0.3, 0.4) is 0 Å². The van der Waals surface area contributed by atoms with Gasteiger partial charge in [-0.25, -0.2) is 4.79 Å². The number of ether oxygens (including phenoxy) is 1. The number of carbonyl (C=O) groups excluding carboxylic acids is 2. The molecule has 0 aliphatic rings. The van der Waals surface area contributed by atoms with Gasteiger partial charge in [-0.05, 0) is 0 Å². The van der Waals surface area contributed by atoms with Crippen molar-refractivity contribution in [3.63, 3.8) is 0 Å². The van der Waals surface area contributed by atoms with Crippen molar-refractivity contribution in [3.8, 4) is 0 Å². The minimum absolute atomic E-state index is 0.350. The highest BCUT2D eigenvalue weighted by Crippen LogP contribution is 2.38. The SMILES string of the molecule is COC(=O)c1cc([N+](=O)[O-])c(N(C)C(C)=O)c([N+](=O)[O-])c1. The summed E-state index contributed by atoms with van der Waals surface area (Å²) >= 11 is 0. The van der Waals surface area contributed by atoms with Gasteiger partial charge in [0.05, 0.1) is 22.5 Å². The van der Waals surface area contributed by atoms with Crippen LogP contribution < -0.4 is 4.90 Å². The van der Waals surface area contributed by atoms with Crippen molar-refractivity contribution in [2.45, 2.75) is 6.92 Å². The predicted molar refractivity (Wildman–Crippen MR) is 70.2 cm³/mol. The van der Waals surface area contributed by atoms with Crippen LogP contribution in [-0.2, 0) is 9.53 Å². The van der Waals surface area contributed by atoms with Gasteiger partial charge in [0.2, 0.25) is 11.6 Å². The Morgan fingerprint density at radius 2 is 1.57 bits per heavy atom. The summed E-state index contributed by atoms with van der Waals surface area (Å²) in [5.74, 6) is -1.59. The molecule has 21 heavy (non-hydrogen) atoms. The Morgan fingerprint density at radius 3 is 1.86 bits per heavy atom. The monoisotopic (exact) mass is 297 g/mol. The van der Waals surface area contributed by atoms with Crippen LogP contribution in [0.2, 0.25) is 0 Å². The van der Waals surface area contributed by atoms with Gasteiger partial charge >= 0.3 is 17.3 Å². The molecule has 0 aliphatic carbocycles. The Labute approximate surface area is 118 Å². The van der Waals surface area contributed by atoms with Crippen LogP contribution in [0.4, 0.5) is 17.1 Å². The van der Waals surface area contributed by atoms with Crippen molar-refractivity contribution < 1.29 is 24.2 Å². The van der Waals surface area contributed by atoms with E-state index in [-0.39, 0.29) is 5.56 Å². The Balaban J connectivity index is 3.75. The fourth-order valence-electron chi connectivity index (χ4n) is 1.62. The number of hydrogen-bond donors (Lipinski definition) is 0. The van der Waals surface area contributed by atoms with Gasteiger partial charge in [0.25, 0.3) is 0 Å². The molecule has 10 heteroatoms. The molecule has 1 aromatic carbocycles. The van der Waals surface area contributed by atoms with Gasteiger partial charge in [-0.3, -0.25) is 25.0 Å². The van der Waals surface area contributed by atoms with E-state index in [2.05, 4.69) is 4.74 Å². The fraction of sp³-hybridized carbons (Fsp3) is 0.273. The first-order valence-corrected chi connectivity index (χ1v) is 5.50. The van der Waals surface area contributed by atoms with Gasteiger partial charge in [0.15, 0.2) is 0 Å². The molecule has 0 aromatic heterocycles. The second-order valence-corrected chi connectivity index (χ2v) is 3.95. The molecule has 1 amide bonds. The van der Waals surface area contributed by atoms with Gasteiger partial charge in [-0.1, -0.05) is 0 Å². The highest BCUT2D eigenvalue weighted by atomic mass is 16.6. The van der Waals surface area contributed by atoms with E-state index in [1.165, 1.54) is 0 Å². The predicted octanol–water partition coefficient (Wildman–Crippen LogP) is 1.27. The number of anilines is 1. The molecule has 0 bridgehead atoms. The lowest BCUT2D eigenvalue weighted by Crippen LogP contribution is -2.25. The summed E-state index contributed by atoms with van der Waals surface area (Å²) in [5, 5.41) is 22.2. The van der Waals surface area contributed by atoms with E-state index < -0.39 is 38.8 Å². The van der Waals surface area contributed by atoms with Gasteiger partial charge in [0, 0.05) is 26.1 Å². The van der Waals surface area contributed by atoms with E-state index >= 15 is 0 Å². The first-order valence-electron chi connectivity index (χ1n) is 5.50. The largest absolute Gasteiger partial charge is 0.465 e. The summed E-state index contributed by atoms with van der Waals surface area (Å²) in [7, 11) is 2.20. The van der Waals surface area contributed by atoms with E-state index in [1.807, 2.05) is 0 Å². The molecule has 0 heterocycles. The van der Waals surface area contributed by atoms with Gasteiger partial charge in [0.1, 0.15) is 0 Å². The molecule has 1 aromatic rings. The molecule has 0 saturated heterocycles. The first-order chi connectivity index (χ1) is 9.70. The number of hydrogen-bond acceptors (Lipinski definition) is 7. The van der Waals surface area contributed by atoms with Gasteiger partial charge in [-0.2, -0.15) is 0 Å². The first kappa shape index (κ1) is 16.0. The Hall–Kier alpha value is -3.04. The van der Waals surface area contributed by atoms with Crippen molar-refractivity contribution in [2.75, 3.05) is 19.1 Å². The molecule has 0 fully saturated rings. The summed E-state index contributed by atoms with van der Waals surface area (Å²) < 4.78 is 4.39. The summed E-state index contributed by atoms with van der Waals surface area (Å²) in [6.07, 6.45) is 0. The maximum Gasteiger partial charge on any atom is 0.338 e. The van der Waals surface area contributed by atoms with E-state index in [0.29, 0.717) is 0 Å². The number of methoxy groups -OCH3 is 1. The van der Waals surface area contributed by atoms with Crippen LogP contribution in [0.1, 0.15) is 17.3 Å². The maximum absolute atomic E-state index is 11.4. The number of carbonyl (C=O) groups is 2. The molecular formula is C11H11N3O7. The lowest BCUT2D eigenvalue weighted by Gasteiger charge is -2.15. The molecule has 0 spiro atoms. The normalized spacial score (nSPS) is 9.86. The second kappa shape index (κ2) is 5.94. The van der Waals surface area contributed by atoms with Crippen LogP contribution in [0.15, 0.2) is 12.1 Å².